The van der Waals surface area contributed by atoms with Crippen molar-refractivity contribution in [3.8, 4) is 0 Å². The summed E-state index contributed by atoms with van der Waals surface area (Å²) in [6.45, 7) is 6.24. The number of nitrogens with zero attached hydrogens (tertiary/aromatic N) is 2. The Morgan fingerprint density at radius 3 is 2.39 bits per heavy atom. The first kappa shape index (κ1) is 30.6. The molecule has 10 heteroatoms. The second kappa shape index (κ2) is 13.4. The molecule has 0 aromatic heterocycles. The van der Waals surface area contributed by atoms with Gasteiger partial charge in [-0.05, 0) is 54.7 Å². The molecule has 0 bridgehead atoms. The molecule has 2 aromatic carbocycles. The van der Waals surface area contributed by atoms with Crippen molar-refractivity contribution in [2.24, 2.45) is 5.41 Å². The SMILES string of the molecule is CCCCN(CC(CC)N1C(=O)C(C)(CC(=O)O)CC(c2cccc(Cl)c2)C1c1ccc(Cl)cc1)S(=O)O. The van der Waals surface area contributed by atoms with E-state index in [0.717, 1.165) is 24.0 Å². The van der Waals surface area contributed by atoms with Crippen molar-refractivity contribution in [2.75, 3.05) is 13.1 Å². The summed E-state index contributed by atoms with van der Waals surface area (Å²) in [5, 5.41) is 10.9. The van der Waals surface area contributed by atoms with Gasteiger partial charge in [-0.2, -0.15) is 4.31 Å². The number of hydrogen-bond donors (Lipinski definition) is 2. The Labute approximate surface area is 237 Å². The summed E-state index contributed by atoms with van der Waals surface area (Å²) < 4.78 is 23.7. The second-order valence-electron chi connectivity index (χ2n) is 10.2. The number of benzene rings is 2. The number of hydrogen-bond acceptors (Lipinski definition) is 3. The summed E-state index contributed by atoms with van der Waals surface area (Å²) in [5.74, 6) is -1.59. The van der Waals surface area contributed by atoms with Crippen LogP contribution in [0, 0.1) is 5.41 Å². The maximum Gasteiger partial charge on any atom is 0.304 e. The second-order valence-corrected chi connectivity index (χ2v) is 12.1. The van der Waals surface area contributed by atoms with Crippen LogP contribution in [0.1, 0.15) is 76.0 Å². The largest absolute Gasteiger partial charge is 0.481 e. The minimum atomic E-state index is -2.21. The highest BCUT2D eigenvalue weighted by atomic mass is 35.5. The van der Waals surface area contributed by atoms with E-state index < -0.39 is 34.7 Å². The predicted octanol–water partition coefficient (Wildman–Crippen LogP) is 6.55. The van der Waals surface area contributed by atoms with Gasteiger partial charge in [0, 0.05) is 35.1 Å². The van der Waals surface area contributed by atoms with Gasteiger partial charge in [-0.15, -0.1) is 0 Å². The number of carbonyl (C=O) groups is 2. The monoisotopic (exact) mass is 582 g/mol. The van der Waals surface area contributed by atoms with Gasteiger partial charge in [0.1, 0.15) is 0 Å². The Balaban J connectivity index is 2.20. The van der Waals surface area contributed by atoms with Crippen LogP contribution in [0.3, 0.4) is 0 Å². The van der Waals surface area contributed by atoms with E-state index in [1.165, 1.54) is 4.31 Å². The van der Waals surface area contributed by atoms with Gasteiger partial charge in [-0.1, -0.05) is 74.7 Å². The maximum absolute atomic E-state index is 14.3. The van der Waals surface area contributed by atoms with Gasteiger partial charge in [0.15, 0.2) is 0 Å². The lowest BCUT2D eigenvalue weighted by atomic mass is 9.67. The summed E-state index contributed by atoms with van der Waals surface area (Å²) in [6, 6.07) is 13.9. The van der Waals surface area contributed by atoms with Crippen LogP contribution >= 0.6 is 23.2 Å². The number of halogens is 2. The lowest BCUT2D eigenvalue weighted by molar-refractivity contribution is -0.160. The molecule has 5 atom stereocenters. The fourth-order valence-electron chi connectivity index (χ4n) is 5.50. The molecule has 2 aromatic rings. The Bertz CT molecular complexity index is 1150. The van der Waals surface area contributed by atoms with Gasteiger partial charge in [0.25, 0.3) is 0 Å². The molecule has 1 amide bonds. The molecule has 1 saturated heterocycles. The van der Waals surface area contributed by atoms with Crippen molar-refractivity contribution < 1.29 is 23.5 Å². The smallest absolute Gasteiger partial charge is 0.304 e. The fourth-order valence-corrected chi connectivity index (χ4v) is 6.41. The first-order chi connectivity index (χ1) is 18.0. The van der Waals surface area contributed by atoms with Crippen LogP contribution in [0.5, 0.6) is 0 Å². The third-order valence-corrected chi connectivity index (χ3v) is 8.65. The molecule has 208 valence electrons. The minimum absolute atomic E-state index is 0.181. The predicted molar refractivity (Wildman–Crippen MR) is 152 cm³/mol. The summed E-state index contributed by atoms with van der Waals surface area (Å²) >= 11 is 10.4. The first-order valence-corrected chi connectivity index (χ1v) is 14.7. The molecular weight excluding hydrogens is 547 g/mol. The highest BCUT2D eigenvalue weighted by molar-refractivity contribution is 7.76. The zero-order valence-electron chi connectivity index (χ0n) is 22.0. The summed E-state index contributed by atoms with van der Waals surface area (Å²) in [6.07, 6.45) is 2.09. The standard InChI is InChI=1S/C28H36Cl2N2O5S/c1-4-6-14-31(38(36)37)18-23(5-2)32-26(19-10-12-21(29)13-11-19)24(20-8-7-9-22(30)15-20)16-28(3,27(32)35)17-25(33)34/h7-13,15,23-24,26H,4-6,14,16-18H2,1-3H3,(H,33,34)(H,36,37). The highest BCUT2D eigenvalue weighted by Crippen LogP contribution is 2.52. The number of amides is 1. The average Bonchev–Trinajstić information content (AvgIpc) is 2.86. The van der Waals surface area contributed by atoms with Crippen LogP contribution < -0.4 is 0 Å². The van der Waals surface area contributed by atoms with E-state index in [2.05, 4.69) is 0 Å². The van der Waals surface area contributed by atoms with Crippen molar-refractivity contribution in [3.63, 3.8) is 0 Å². The van der Waals surface area contributed by atoms with Gasteiger partial charge in [0.05, 0.1) is 17.9 Å². The molecule has 5 unspecified atom stereocenters. The van der Waals surface area contributed by atoms with E-state index in [0.29, 0.717) is 29.4 Å². The van der Waals surface area contributed by atoms with Gasteiger partial charge in [-0.3, -0.25) is 14.1 Å². The van der Waals surface area contributed by atoms with E-state index in [9.17, 15) is 23.5 Å². The summed E-state index contributed by atoms with van der Waals surface area (Å²) in [7, 11) is 0. The molecule has 0 saturated carbocycles. The maximum atomic E-state index is 14.3. The van der Waals surface area contributed by atoms with Crippen molar-refractivity contribution in [1.29, 1.82) is 0 Å². The fraction of sp³-hybridized carbons (Fsp3) is 0.500. The molecule has 3 rings (SSSR count). The lowest BCUT2D eigenvalue weighted by Crippen LogP contribution is -2.58. The van der Waals surface area contributed by atoms with Crippen LogP contribution in [0.4, 0.5) is 0 Å². The normalized spacial score (nSPS) is 23.4. The molecule has 1 aliphatic heterocycles. The van der Waals surface area contributed by atoms with Crippen molar-refractivity contribution in [1.82, 2.24) is 9.21 Å². The van der Waals surface area contributed by atoms with Crippen LogP contribution in [0.15, 0.2) is 48.5 Å². The van der Waals surface area contributed by atoms with Crippen LogP contribution in [0.2, 0.25) is 10.0 Å². The van der Waals surface area contributed by atoms with Gasteiger partial charge < -0.3 is 10.0 Å². The molecule has 1 aliphatic rings. The number of likely N-dealkylation sites (tertiary alicyclic amines) is 1. The summed E-state index contributed by atoms with van der Waals surface area (Å²) in [4.78, 5) is 28.0. The number of carboxylic acid groups (broad SMARTS) is 1. The Hall–Kier alpha value is -1.97. The quantitative estimate of drug-likeness (QED) is 0.276. The van der Waals surface area contributed by atoms with E-state index >= 15 is 0 Å². The number of aliphatic carboxylic acids is 1. The third kappa shape index (κ3) is 7.16. The van der Waals surface area contributed by atoms with Crippen molar-refractivity contribution >= 4 is 46.3 Å². The minimum Gasteiger partial charge on any atom is -0.481 e. The number of rotatable bonds is 12. The molecule has 0 radical (unpaired) electrons. The van der Waals surface area contributed by atoms with Crippen molar-refractivity contribution in [3.05, 3.63) is 69.7 Å². The van der Waals surface area contributed by atoms with Gasteiger partial charge >= 0.3 is 5.97 Å². The van der Waals surface area contributed by atoms with Crippen molar-refractivity contribution in [2.45, 2.75) is 70.9 Å². The number of unbranched alkanes of at least 4 members (excludes halogenated alkanes) is 1. The average molecular weight is 584 g/mol. The Morgan fingerprint density at radius 1 is 1.16 bits per heavy atom. The van der Waals surface area contributed by atoms with E-state index in [1.807, 2.05) is 44.2 Å². The Kier molecular flexibility index (Phi) is 10.8. The molecule has 38 heavy (non-hydrogen) atoms. The molecule has 0 spiro atoms. The number of piperidine rings is 1. The van der Waals surface area contributed by atoms with E-state index in [4.69, 9.17) is 23.2 Å². The highest BCUT2D eigenvalue weighted by Gasteiger charge is 2.52. The lowest BCUT2D eigenvalue weighted by Gasteiger charge is -2.52. The zero-order chi connectivity index (χ0) is 28.0. The molecule has 1 fully saturated rings. The molecule has 2 N–H and O–H groups in total. The van der Waals surface area contributed by atoms with Gasteiger partial charge in [-0.25, -0.2) is 4.21 Å². The van der Waals surface area contributed by atoms with Crippen LogP contribution in [-0.2, 0) is 20.9 Å². The summed E-state index contributed by atoms with van der Waals surface area (Å²) in [5.41, 5.74) is 0.575. The van der Waals surface area contributed by atoms with Gasteiger partial charge in [0.2, 0.25) is 17.2 Å². The van der Waals surface area contributed by atoms with Crippen LogP contribution in [-0.4, -0.2) is 54.1 Å². The molecular formula is C28H36Cl2N2O5S. The number of carboxylic acids is 1. The third-order valence-electron chi connectivity index (χ3n) is 7.39. The molecule has 7 nitrogen and oxygen atoms in total. The molecule has 0 aliphatic carbocycles. The first-order valence-electron chi connectivity index (χ1n) is 12.9. The topological polar surface area (TPSA) is 98.2 Å². The van der Waals surface area contributed by atoms with E-state index in [1.54, 1.807) is 30.0 Å². The zero-order valence-corrected chi connectivity index (χ0v) is 24.3. The molecule has 1 heterocycles. The Morgan fingerprint density at radius 2 is 1.84 bits per heavy atom. The number of carbonyl (C=O) groups excluding carboxylic acids is 1. The van der Waals surface area contributed by atoms with E-state index in [-0.39, 0.29) is 24.8 Å². The van der Waals surface area contributed by atoms with Crippen LogP contribution in [0.25, 0.3) is 0 Å².